The Labute approximate surface area is 398 Å². The van der Waals surface area contributed by atoms with Gasteiger partial charge in [0.05, 0.1) is 12.1 Å². The summed E-state index contributed by atoms with van der Waals surface area (Å²) in [6.07, 6.45) is 11.1. The molecule has 3 heterocycles. The zero-order chi connectivity index (χ0) is 49.2. The molecule has 8 amide bonds. The van der Waals surface area contributed by atoms with E-state index >= 15 is 0 Å². The van der Waals surface area contributed by atoms with E-state index in [9.17, 15) is 38.4 Å². The zero-order valence-electron chi connectivity index (χ0n) is 41.7. The van der Waals surface area contributed by atoms with Crippen molar-refractivity contribution in [2.75, 3.05) is 53.4 Å². The van der Waals surface area contributed by atoms with Crippen molar-refractivity contribution in [2.24, 2.45) is 17.3 Å². The van der Waals surface area contributed by atoms with Crippen molar-refractivity contribution in [3.8, 4) is 0 Å². The zero-order valence-corrected chi connectivity index (χ0v) is 41.7. The van der Waals surface area contributed by atoms with E-state index < -0.39 is 65.6 Å². The molecule has 5 aliphatic rings. The highest BCUT2D eigenvalue weighted by molar-refractivity contribution is 5.97. The Kier molecular flexibility index (Phi) is 19.2. The smallest absolute Gasteiger partial charge is 0.250 e. The maximum absolute atomic E-state index is 14.6. The van der Waals surface area contributed by atoms with Crippen molar-refractivity contribution in [2.45, 2.75) is 180 Å². The molecule has 0 aromatic heterocycles. The fraction of sp³-hybridized carbons (Fsp3) is 0.796. The fourth-order valence-electron chi connectivity index (χ4n) is 10.5. The number of hydrogen-bond donors (Lipinski definition) is 6. The van der Waals surface area contributed by atoms with Crippen LogP contribution in [0.4, 0.5) is 0 Å². The standard InChI is InChI=1S/C49H82N10O8/c1-30(2)37(52-41(60)31(3)50-8)47(66)58-24-16-22-35(58)43(62)53-38(33-18-12-10-13-19-33)45(64)56-26-28-57(29-27-56)46(65)39(34-20-14-11-15-21-34)54-44(63)36-23-17-25-59(36)48(67)40(49(5,6)7)55-42(61)32(4)51-9/h31-40,50-51H,1,10-29H2,2-9H3,(H,52,60)(H,53,62)(H,54,63)(H,55,61)/t31-,32-,35-,36-,37-,38-,39-,40+/m0/s1. The van der Waals surface area contributed by atoms with Crippen LogP contribution >= 0.6 is 0 Å². The van der Waals surface area contributed by atoms with Crippen LogP contribution in [0.2, 0.25) is 0 Å². The molecule has 0 aromatic rings. The van der Waals surface area contributed by atoms with Gasteiger partial charge in [0.2, 0.25) is 47.3 Å². The van der Waals surface area contributed by atoms with Gasteiger partial charge in [0.25, 0.3) is 0 Å². The molecule has 67 heavy (non-hydrogen) atoms. The SMILES string of the molecule is C=C(C)[C@H](NC(=O)[C@H](C)NC)C(=O)N1CCC[C@H]1C(=O)N[C@H](C(=O)N1CCN(C(=O)[C@@H](NC(=O)[C@@H]2CCCN2C(=O)[C@@H](NC(=O)[C@H](C)NC)C(C)(C)C)C2CCCCC2)CC1)C1CCCCC1. The predicted molar refractivity (Wildman–Crippen MR) is 255 cm³/mol. The lowest BCUT2D eigenvalue weighted by molar-refractivity contribution is -0.148. The summed E-state index contributed by atoms with van der Waals surface area (Å²) in [6.45, 7) is 16.4. The maximum atomic E-state index is 14.6. The van der Waals surface area contributed by atoms with Gasteiger partial charge >= 0.3 is 0 Å². The molecule has 0 unspecified atom stereocenters. The third kappa shape index (κ3) is 13.4. The lowest BCUT2D eigenvalue weighted by Gasteiger charge is -2.41. The Hall–Kier alpha value is -4.58. The molecule has 3 aliphatic heterocycles. The van der Waals surface area contributed by atoms with Gasteiger partial charge in [0.1, 0.15) is 36.3 Å². The molecule has 2 aliphatic carbocycles. The van der Waals surface area contributed by atoms with Crippen molar-refractivity contribution in [1.29, 1.82) is 0 Å². The molecule has 5 fully saturated rings. The minimum atomic E-state index is -1.00. The number of nitrogens with zero attached hydrogens (tertiary/aromatic N) is 4. The first-order valence-corrected chi connectivity index (χ1v) is 25.2. The highest BCUT2D eigenvalue weighted by Crippen LogP contribution is 2.32. The average molecular weight is 939 g/mol. The average Bonchev–Trinajstić information content (AvgIpc) is 4.04. The molecule has 0 aromatic carbocycles. The number of piperazine rings is 1. The van der Waals surface area contributed by atoms with Crippen molar-refractivity contribution in [3.63, 3.8) is 0 Å². The van der Waals surface area contributed by atoms with Gasteiger partial charge in [0, 0.05) is 39.3 Å². The van der Waals surface area contributed by atoms with Crippen LogP contribution in [0, 0.1) is 17.3 Å². The number of carbonyl (C=O) groups excluding carboxylic acids is 8. The quantitative estimate of drug-likeness (QED) is 0.116. The van der Waals surface area contributed by atoms with Crippen LogP contribution < -0.4 is 31.9 Å². The lowest BCUT2D eigenvalue weighted by Crippen LogP contribution is -2.63. The monoisotopic (exact) mass is 939 g/mol. The maximum Gasteiger partial charge on any atom is 0.250 e. The van der Waals surface area contributed by atoms with Gasteiger partial charge in [-0.1, -0.05) is 65.9 Å². The van der Waals surface area contributed by atoms with Crippen molar-refractivity contribution >= 4 is 47.3 Å². The summed E-state index contributed by atoms with van der Waals surface area (Å²) in [7, 11) is 3.33. The number of likely N-dealkylation sites (tertiary alicyclic amines) is 2. The van der Waals surface area contributed by atoms with Gasteiger partial charge in [-0.2, -0.15) is 0 Å². The minimum absolute atomic E-state index is 0.0770. The molecule has 376 valence electrons. The van der Waals surface area contributed by atoms with E-state index in [0.29, 0.717) is 44.3 Å². The van der Waals surface area contributed by atoms with E-state index in [4.69, 9.17) is 0 Å². The van der Waals surface area contributed by atoms with Gasteiger partial charge in [-0.05, 0) is 109 Å². The van der Waals surface area contributed by atoms with Crippen LogP contribution in [0.25, 0.3) is 0 Å². The molecule has 18 heteroatoms. The van der Waals surface area contributed by atoms with E-state index in [1.165, 1.54) is 4.90 Å². The van der Waals surface area contributed by atoms with Gasteiger partial charge in [-0.25, -0.2) is 0 Å². The molecule has 18 nitrogen and oxygen atoms in total. The predicted octanol–water partition coefficient (Wildman–Crippen LogP) is 1.58. The van der Waals surface area contributed by atoms with E-state index in [2.05, 4.69) is 38.5 Å². The van der Waals surface area contributed by atoms with Crippen LogP contribution in [-0.4, -0.2) is 169 Å². The molecule has 0 bridgehead atoms. The largest absolute Gasteiger partial charge is 0.342 e. The second-order valence-corrected chi connectivity index (χ2v) is 20.9. The highest BCUT2D eigenvalue weighted by atomic mass is 16.2. The molecule has 3 saturated heterocycles. The molecule has 5 rings (SSSR count). The summed E-state index contributed by atoms with van der Waals surface area (Å²) in [5.41, 5.74) is -0.178. The van der Waals surface area contributed by atoms with Gasteiger partial charge in [-0.15, -0.1) is 0 Å². The number of nitrogens with one attached hydrogen (secondary N) is 6. The van der Waals surface area contributed by atoms with Crippen LogP contribution in [0.15, 0.2) is 12.2 Å². The molecule has 2 saturated carbocycles. The topological polar surface area (TPSA) is 222 Å². The van der Waals surface area contributed by atoms with Crippen molar-refractivity contribution in [3.05, 3.63) is 12.2 Å². The van der Waals surface area contributed by atoms with Crippen LogP contribution in [-0.2, 0) is 38.4 Å². The summed E-state index contributed by atoms with van der Waals surface area (Å²) in [6, 6.07) is -6.11. The first-order chi connectivity index (χ1) is 31.8. The van der Waals surface area contributed by atoms with E-state index in [-0.39, 0.29) is 73.5 Å². The third-order valence-corrected chi connectivity index (χ3v) is 15.0. The fourth-order valence-corrected chi connectivity index (χ4v) is 10.5. The Morgan fingerprint density at radius 3 is 1.27 bits per heavy atom. The van der Waals surface area contributed by atoms with Crippen LogP contribution in [0.1, 0.15) is 131 Å². The Morgan fingerprint density at radius 1 is 0.507 bits per heavy atom. The Balaban J connectivity index is 1.26. The van der Waals surface area contributed by atoms with Gasteiger partial charge < -0.3 is 51.5 Å². The first-order valence-electron chi connectivity index (χ1n) is 25.2. The number of rotatable bonds is 17. The molecule has 8 atom stereocenters. The van der Waals surface area contributed by atoms with E-state index in [1.54, 1.807) is 49.6 Å². The minimum Gasteiger partial charge on any atom is -0.342 e. The molecule has 0 spiro atoms. The van der Waals surface area contributed by atoms with E-state index in [0.717, 1.165) is 64.2 Å². The van der Waals surface area contributed by atoms with Gasteiger partial charge in [0.15, 0.2) is 0 Å². The number of carbonyl (C=O) groups is 8. The van der Waals surface area contributed by atoms with Crippen LogP contribution in [0.3, 0.4) is 0 Å². The van der Waals surface area contributed by atoms with Crippen LogP contribution in [0.5, 0.6) is 0 Å². The summed E-state index contributed by atoms with van der Waals surface area (Å²) >= 11 is 0. The Morgan fingerprint density at radius 2 is 0.896 bits per heavy atom. The van der Waals surface area contributed by atoms with E-state index in [1.807, 2.05) is 20.8 Å². The van der Waals surface area contributed by atoms with Crippen molar-refractivity contribution in [1.82, 2.24) is 51.5 Å². The highest BCUT2D eigenvalue weighted by Gasteiger charge is 2.46. The summed E-state index contributed by atoms with van der Waals surface area (Å²) in [4.78, 5) is 118. The molecular formula is C49H82N10O8. The molecule has 6 N–H and O–H groups in total. The lowest BCUT2D eigenvalue weighted by atomic mass is 9.82. The molecular weight excluding hydrogens is 857 g/mol. The second-order valence-electron chi connectivity index (χ2n) is 20.9. The second kappa shape index (κ2) is 24.1. The summed E-state index contributed by atoms with van der Waals surface area (Å²) in [5, 5.41) is 17.7. The van der Waals surface area contributed by atoms with Crippen molar-refractivity contribution < 1.29 is 38.4 Å². The first kappa shape index (κ1) is 53.4. The van der Waals surface area contributed by atoms with Gasteiger partial charge in [-0.3, -0.25) is 38.4 Å². The molecule has 0 radical (unpaired) electrons. The number of hydrogen-bond acceptors (Lipinski definition) is 10. The third-order valence-electron chi connectivity index (χ3n) is 15.0. The number of amides is 8. The summed E-state index contributed by atoms with van der Waals surface area (Å²) in [5.74, 6) is -2.73. The number of likely N-dealkylation sites (N-methyl/N-ethyl adjacent to an activating group) is 2. The Bertz CT molecular complexity index is 1800. The normalized spacial score (nSPS) is 23.6. The summed E-state index contributed by atoms with van der Waals surface area (Å²) < 4.78 is 0.